The molecular formula is C15H17F3N2O3. The highest BCUT2D eigenvalue weighted by molar-refractivity contribution is 5.90. The lowest BCUT2D eigenvalue weighted by Crippen LogP contribution is -2.38. The molecule has 0 aromatic heterocycles. The van der Waals surface area contributed by atoms with Crippen LogP contribution in [0, 0.1) is 6.92 Å². The summed E-state index contributed by atoms with van der Waals surface area (Å²) in [5, 5.41) is 2.57. The van der Waals surface area contributed by atoms with Crippen LogP contribution in [0.25, 0.3) is 0 Å². The number of carbonyl (C=O) groups excluding carboxylic acids is 2. The van der Waals surface area contributed by atoms with Gasteiger partial charge in [0, 0.05) is 19.9 Å². The molecule has 1 N–H and O–H groups in total. The predicted octanol–water partition coefficient (Wildman–Crippen LogP) is 2.50. The lowest BCUT2D eigenvalue weighted by Gasteiger charge is -2.19. The molecule has 23 heavy (non-hydrogen) atoms. The molecule has 0 bridgehead atoms. The number of nitrogens with zero attached hydrogens (tertiary/aromatic N) is 1. The minimum Gasteiger partial charge on any atom is -0.478 e. The highest BCUT2D eigenvalue weighted by Crippen LogP contribution is 2.30. The van der Waals surface area contributed by atoms with Crippen LogP contribution in [0.5, 0.6) is 5.75 Å². The van der Waals surface area contributed by atoms with Crippen LogP contribution < -0.4 is 10.1 Å². The van der Waals surface area contributed by atoms with Gasteiger partial charge in [0.15, 0.2) is 6.10 Å². The molecule has 1 aromatic rings. The van der Waals surface area contributed by atoms with Gasteiger partial charge in [0.25, 0.3) is 5.91 Å². The first-order valence-electron chi connectivity index (χ1n) is 7.06. The third kappa shape index (κ3) is 4.61. The average Bonchev–Trinajstić information content (AvgIpc) is 2.72. The van der Waals surface area contributed by atoms with Crippen LogP contribution in [-0.2, 0) is 9.59 Å². The number of benzene rings is 1. The van der Waals surface area contributed by atoms with Crippen LogP contribution in [0.3, 0.4) is 0 Å². The van der Waals surface area contributed by atoms with Crippen LogP contribution in [0.1, 0.15) is 18.9 Å². The molecule has 1 unspecified atom stereocenters. The Morgan fingerprint density at radius 3 is 2.74 bits per heavy atom. The van der Waals surface area contributed by atoms with Gasteiger partial charge in [0.2, 0.25) is 5.91 Å². The number of aryl methyl sites for hydroxylation is 1. The molecule has 5 nitrogen and oxygen atoms in total. The number of nitrogens with one attached hydrogen (secondary N) is 1. The molecule has 8 heteroatoms. The fourth-order valence-corrected chi connectivity index (χ4v) is 2.37. The van der Waals surface area contributed by atoms with Crippen molar-refractivity contribution < 1.29 is 27.5 Å². The first kappa shape index (κ1) is 17.1. The first-order chi connectivity index (χ1) is 10.7. The first-order valence-corrected chi connectivity index (χ1v) is 7.06. The Bertz CT molecular complexity index is 616. The van der Waals surface area contributed by atoms with Crippen LogP contribution in [0.15, 0.2) is 18.2 Å². The summed E-state index contributed by atoms with van der Waals surface area (Å²) < 4.78 is 42.8. The number of anilines is 1. The van der Waals surface area contributed by atoms with Crippen molar-refractivity contribution in [2.24, 2.45) is 0 Å². The molecule has 1 saturated heterocycles. The van der Waals surface area contributed by atoms with Gasteiger partial charge in [-0.05, 0) is 24.6 Å². The normalized spacial score (nSPS) is 18.2. The molecule has 2 amide bonds. The largest absolute Gasteiger partial charge is 0.478 e. The standard InChI is InChI=1S/C15H17F3N2O3/c1-9-3-4-11(19-10(2)21)13(7-9)23-12-5-6-20(14(12)22)8-15(16,17)18/h3-4,7,12H,5-6,8H2,1-2H3,(H,19,21). The Kier molecular flexibility index (Phi) is 4.82. The van der Waals surface area contributed by atoms with Gasteiger partial charge in [-0.15, -0.1) is 0 Å². The van der Waals surface area contributed by atoms with Gasteiger partial charge in [0.05, 0.1) is 5.69 Å². The average molecular weight is 330 g/mol. The number of carbonyl (C=O) groups is 2. The van der Waals surface area contributed by atoms with E-state index in [2.05, 4.69) is 5.32 Å². The minimum atomic E-state index is -4.44. The Morgan fingerprint density at radius 1 is 1.43 bits per heavy atom. The second-order valence-corrected chi connectivity index (χ2v) is 5.45. The Labute approximate surface area is 131 Å². The summed E-state index contributed by atoms with van der Waals surface area (Å²) in [4.78, 5) is 23.9. The highest BCUT2D eigenvalue weighted by atomic mass is 19.4. The van der Waals surface area contributed by atoms with Gasteiger partial charge in [-0.3, -0.25) is 9.59 Å². The van der Waals surface area contributed by atoms with E-state index >= 15 is 0 Å². The summed E-state index contributed by atoms with van der Waals surface area (Å²) in [5.74, 6) is -0.736. The number of halogens is 3. The van der Waals surface area contributed by atoms with Gasteiger partial charge >= 0.3 is 6.18 Å². The lowest BCUT2D eigenvalue weighted by molar-refractivity contribution is -0.159. The zero-order valence-electron chi connectivity index (χ0n) is 12.7. The van der Waals surface area contributed by atoms with Crippen LogP contribution in [0.4, 0.5) is 18.9 Å². The number of hydrogen-bond donors (Lipinski definition) is 1. The fourth-order valence-electron chi connectivity index (χ4n) is 2.37. The summed E-state index contributed by atoms with van der Waals surface area (Å²) in [5.41, 5.74) is 1.22. The predicted molar refractivity (Wildman–Crippen MR) is 77.2 cm³/mol. The molecule has 2 rings (SSSR count). The maximum atomic E-state index is 12.4. The molecule has 0 saturated carbocycles. The molecule has 0 spiro atoms. The van der Waals surface area contributed by atoms with Crippen LogP contribution in [0.2, 0.25) is 0 Å². The van der Waals surface area contributed by atoms with E-state index in [1.807, 2.05) is 0 Å². The van der Waals surface area contributed by atoms with E-state index in [0.29, 0.717) is 5.69 Å². The smallest absolute Gasteiger partial charge is 0.406 e. The molecule has 1 atom stereocenters. The number of hydrogen-bond acceptors (Lipinski definition) is 3. The Hall–Kier alpha value is -2.25. The zero-order chi connectivity index (χ0) is 17.2. The van der Waals surface area contributed by atoms with E-state index in [4.69, 9.17) is 4.74 Å². The molecule has 0 radical (unpaired) electrons. The molecule has 1 aliphatic rings. The number of likely N-dealkylation sites (tertiary alicyclic amines) is 1. The summed E-state index contributed by atoms with van der Waals surface area (Å²) in [6.07, 6.45) is -5.25. The third-order valence-electron chi connectivity index (χ3n) is 3.34. The van der Waals surface area contributed by atoms with Crippen molar-refractivity contribution in [1.29, 1.82) is 0 Å². The van der Waals surface area contributed by atoms with Gasteiger partial charge in [-0.25, -0.2) is 0 Å². The Balaban J connectivity index is 2.12. The summed E-state index contributed by atoms with van der Waals surface area (Å²) >= 11 is 0. The summed E-state index contributed by atoms with van der Waals surface area (Å²) in [6, 6.07) is 5.01. The molecule has 0 aliphatic carbocycles. The highest BCUT2D eigenvalue weighted by Gasteiger charge is 2.40. The number of amides is 2. The van der Waals surface area contributed by atoms with Crippen molar-refractivity contribution in [1.82, 2.24) is 4.90 Å². The van der Waals surface area contributed by atoms with E-state index in [9.17, 15) is 22.8 Å². The Morgan fingerprint density at radius 2 is 2.13 bits per heavy atom. The van der Waals surface area contributed by atoms with Crippen molar-refractivity contribution >= 4 is 17.5 Å². The van der Waals surface area contributed by atoms with Gasteiger partial charge in [-0.1, -0.05) is 6.07 Å². The van der Waals surface area contributed by atoms with Gasteiger partial charge in [0.1, 0.15) is 12.3 Å². The second kappa shape index (κ2) is 6.47. The molecule has 1 aromatic carbocycles. The van der Waals surface area contributed by atoms with Crippen LogP contribution >= 0.6 is 0 Å². The van der Waals surface area contributed by atoms with E-state index in [1.54, 1.807) is 25.1 Å². The molecule has 126 valence electrons. The summed E-state index contributed by atoms with van der Waals surface area (Å²) in [7, 11) is 0. The van der Waals surface area contributed by atoms with Gasteiger partial charge in [-0.2, -0.15) is 13.2 Å². The maximum absolute atomic E-state index is 12.4. The fraction of sp³-hybridized carbons (Fsp3) is 0.467. The molecule has 1 heterocycles. The molecule has 1 aliphatic heterocycles. The van der Waals surface area contributed by atoms with Gasteiger partial charge < -0.3 is 15.0 Å². The zero-order valence-corrected chi connectivity index (χ0v) is 12.7. The van der Waals surface area contributed by atoms with Crippen molar-refractivity contribution in [2.75, 3.05) is 18.4 Å². The van der Waals surface area contributed by atoms with E-state index < -0.39 is 24.7 Å². The number of ether oxygens (including phenoxy) is 1. The number of rotatable bonds is 4. The topological polar surface area (TPSA) is 58.6 Å². The monoisotopic (exact) mass is 330 g/mol. The van der Waals surface area contributed by atoms with E-state index in [1.165, 1.54) is 6.92 Å². The number of alkyl halides is 3. The third-order valence-corrected chi connectivity index (χ3v) is 3.34. The summed E-state index contributed by atoms with van der Waals surface area (Å²) in [6.45, 7) is 1.84. The van der Waals surface area contributed by atoms with Crippen molar-refractivity contribution in [3.63, 3.8) is 0 Å². The van der Waals surface area contributed by atoms with E-state index in [0.717, 1.165) is 10.5 Å². The second-order valence-electron chi connectivity index (χ2n) is 5.45. The van der Waals surface area contributed by atoms with Crippen molar-refractivity contribution in [2.45, 2.75) is 32.5 Å². The molecule has 1 fully saturated rings. The molecular weight excluding hydrogens is 313 g/mol. The quantitative estimate of drug-likeness (QED) is 0.923. The van der Waals surface area contributed by atoms with Crippen molar-refractivity contribution in [3.05, 3.63) is 23.8 Å². The van der Waals surface area contributed by atoms with Crippen molar-refractivity contribution in [3.8, 4) is 5.75 Å². The minimum absolute atomic E-state index is 0.00963. The maximum Gasteiger partial charge on any atom is 0.406 e. The van der Waals surface area contributed by atoms with Crippen LogP contribution in [-0.4, -0.2) is 42.1 Å². The SMILES string of the molecule is CC(=O)Nc1ccc(C)cc1OC1CCN(CC(F)(F)F)C1=O. The lowest BCUT2D eigenvalue weighted by atomic mass is 10.2. The van der Waals surface area contributed by atoms with E-state index in [-0.39, 0.29) is 24.6 Å².